The lowest BCUT2D eigenvalue weighted by atomic mass is 10.1. The molecule has 0 bridgehead atoms. The monoisotopic (exact) mass is 385 g/mol. The normalized spacial score (nSPS) is 10.3. The van der Waals surface area contributed by atoms with Gasteiger partial charge in [0.25, 0.3) is 5.91 Å². The number of aryl methyl sites for hydroxylation is 1. The Kier molecular flexibility index (Phi) is 5.19. The molecule has 0 saturated heterocycles. The molecular weight excluding hydrogens is 374 g/mol. The molecule has 3 nitrogen and oxygen atoms in total. The summed E-state index contributed by atoms with van der Waals surface area (Å²) in [4.78, 5) is 13.1. The fourth-order valence-corrected chi connectivity index (χ4v) is 2.59. The number of anilines is 1. The van der Waals surface area contributed by atoms with E-state index in [4.69, 9.17) is 16.3 Å². The number of carbonyl (C=O) groups excluding carboxylic acids is 1. The van der Waals surface area contributed by atoms with E-state index in [0.29, 0.717) is 31.4 Å². The Labute approximate surface area is 142 Å². The van der Waals surface area contributed by atoms with Crippen LogP contribution in [-0.4, -0.2) is 13.0 Å². The van der Waals surface area contributed by atoms with Crippen LogP contribution in [-0.2, 0) is 0 Å². The Morgan fingerprint density at radius 3 is 2.71 bits per heavy atom. The fourth-order valence-electron chi connectivity index (χ4n) is 1.81. The van der Waals surface area contributed by atoms with Crippen molar-refractivity contribution < 1.29 is 9.53 Å². The molecule has 21 heavy (non-hydrogen) atoms. The van der Waals surface area contributed by atoms with Crippen molar-refractivity contribution in [3.63, 3.8) is 0 Å². The van der Waals surface area contributed by atoms with E-state index in [0.717, 1.165) is 5.56 Å². The lowest BCUT2D eigenvalue weighted by Gasteiger charge is -2.13. The number of benzene rings is 2. The molecule has 0 fully saturated rings. The average molecular weight is 387 g/mol. The number of methoxy groups -OCH3 is 1. The van der Waals surface area contributed by atoms with Gasteiger partial charge >= 0.3 is 0 Å². The van der Waals surface area contributed by atoms with Crippen LogP contribution in [0.5, 0.6) is 5.75 Å². The molecule has 0 heterocycles. The van der Waals surface area contributed by atoms with Crippen molar-refractivity contribution in [1.29, 1.82) is 0 Å². The summed E-state index contributed by atoms with van der Waals surface area (Å²) in [7, 11) is 1.53. The van der Waals surface area contributed by atoms with Crippen LogP contribution < -0.4 is 10.1 Å². The van der Waals surface area contributed by atoms with Crippen LogP contribution in [0.3, 0.4) is 0 Å². The zero-order valence-electron chi connectivity index (χ0n) is 11.4. The first kappa shape index (κ1) is 16.2. The van der Waals surface area contributed by atoms with Crippen LogP contribution in [0.4, 0.5) is 5.69 Å². The Balaban J connectivity index is 2.35. The van der Waals surface area contributed by atoms with Crippen molar-refractivity contribution in [2.45, 2.75) is 11.8 Å². The van der Waals surface area contributed by atoms with E-state index in [1.165, 1.54) is 7.11 Å². The summed E-state index contributed by atoms with van der Waals surface area (Å²) in [5.74, 6) is 0.259. The van der Waals surface area contributed by atoms with Crippen molar-refractivity contribution >= 4 is 51.8 Å². The average Bonchev–Trinajstić information content (AvgIpc) is 2.45. The van der Waals surface area contributed by atoms with Crippen LogP contribution >= 0.6 is 40.2 Å². The third kappa shape index (κ3) is 3.73. The third-order valence-corrected chi connectivity index (χ3v) is 4.30. The van der Waals surface area contributed by atoms with Crippen LogP contribution in [0.1, 0.15) is 15.9 Å². The second-order valence-corrected chi connectivity index (χ2v) is 6.20. The maximum Gasteiger partial charge on any atom is 0.256 e. The molecule has 0 aliphatic carbocycles. The van der Waals surface area contributed by atoms with Crippen molar-refractivity contribution in [1.82, 2.24) is 0 Å². The predicted octanol–water partition coefficient (Wildman–Crippen LogP) is 4.96. The van der Waals surface area contributed by atoms with E-state index < -0.39 is 0 Å². The Morgan fingerprint density at radius 1 is 1.33 bits per heavy atom. The molecule has 2 rings (SSSR count). The van der Waals surface area contributed by atoms with Gasteiger partial charge in [-0.05, 0) is 52.7 Å². The molecule has 0 unspecified atom stereocenters. The van der Waals surface area contributed by atoms with Crippen molar-refractivity contribution in [2.24, 2.45) is 0 Å². The molecule has 6 heteroatoms. The number of amides is 1. The molecule has 0 atom stereocenters. The molecular formula is C15H13BrClNO2S. The lowest BCUT2D eigenvalue weighted by molar-refractivity contribution is 0.102. The molecule has 1 amide bonds. The first-order valence-corrected chi connectivity index (χ1v) is 7.68. The number of hydrogen-bond donors (Lipinski definition) is 2. The highest BCUT2D eigenvalue weighted by atomic mass is 79.9. The predicted molar refractivity (Wildman–Crippen MR) is 92.1 cm³/mol. The van der Waals surface area contributed by atoms with Gasteiger partial charge in [-0.3, -0.25) is 4.79 Å². The number of carbonyl (C=O) groups is 1. The second kappa shape index (κ2) is 6.73. The number of rotatable bonds is 3. The smallest absolute Gasteiger partial charge is 0.256 e. The van der Waals surface area contributed by atoms with Crippen LogP contribution in [0, 0.1) is 6.92 Å². The van der Waals surface area contributed by atoms with E-state index in [9.17, 15) is 4.79 Å². The summed E-state index contributed by atoms with van der Waals surface area (Å²) in [5, 5.41) is 3.41. The highest BCUT2D eigenvalue weighted by Crippen LogP contribution is 2.32. The summed E-state index contributed by atoms with van der Waals surface area (Å²) in [6.45, 7) is 1.86. The van der Waals surface area contributed by atoms with E-state index in [1.54, 1.807) is 30.3 Å². The number of nitrogens with one attached hydrogen (secondary N) is 1. The van der Waals surface area contributed by atoms with Gasteiger partial charge in [-0.25, -0.2) is 0 Å². The zero-order valence-corrected chi connectivity index (χ0v) is 14.6. The quantitative estimate of drug-likeness (QED) is 0.732. The largest absolute Gasteiger partial charge is 0.495 e. The molecule has 110 valence electrons. The van der Waals surface area contributed by atoms with Crippen LogP contribution in [0.25, 0.3) is 0 Å². The van der Waals surface area contributed by atoms with Crippen LogP contribution in [0.2, 0.25) is 5.02 Å². The topological polar surface area (TPSA) is 38.3 Å². The maximum atomic E-state index is 12.4. The van der Waals surface area contributed by atoms with Gasteiger partial charge in [0, 0.05) is 20.5 Å². The fraction of sp³-hybridized carbons (Fsp3) is 0.133. The van der Waals surface area contributed by atoms with Gasteiger partial charge in [-0.15, -0.1) is 12.6 Å². The molecule has 0 saturated carbocycles. The standard InChI is InChI=1S/C15H13BrClNO2S/c1-8-5-13(14(20-2)7-12(8)17)18-15(19)10-6-9(21)3-4-11(10)16/h3-7,21H,1-2H3,(H,18,19). The van der Waals surface area contributed by atoms with Gasteiger partial charge in [-0.2, -0.15) is 0 Å². The SMILES string of the molecule is COc1cc(Cl)c(C)cc1NC(=O)c1cc(S)ccc1Br. The van der Waals surface area contributed by atoms with Gasteiger partial charge in [0.15, 0.2) is 0 Å². The zero-order chi connectivity index (χ0) is 15.6. The van der Waals surface area contributed by atoms with E-state index in [1.807, 2.05) is 6.92 Å². The van der Waals surface area contributed by atoms with Gasteiger partial charge in [0.1, 0.15) is 5.75 Å². The minimum Gasteiger partial charge on any atom is -0.495 e. The molecule has 2 aromatic rings. The van der Waals surface area contributed by atoms with E-state index >= 15 is 0 Å². The minimum absolute atomic E-state index is 0.252. The summed E-state index contributed by atoms with van der Waals surface area (Å²) in [6.07, 6.45) is 0. The highest BCUT2D eigenvalue weighted by molar-refractivity contribution is 9.10. The highest BCUT2D eigenvalue weighted by Gasteiger charge is 2.14. The maximum absolute atomic E-state index is 12.4. The minimum atomic E-state index is -0.252. The summed E-state index contributed by atoms with van der Waals surface area (Å²) in [5.41, 5.74) is 1.92. The van der Waals surface area contributed by atoms with Crippen molar-refractivity contribution in [3.8, 4) is 5.75 Å². The molecule has 0 spiro atoms. The number of hydrogen-bond acceptors (Lipinski definition) is 3. The molecule has 1 N–H and O–H groups in total. The second-order valence-electron chi connectivity index (χ2n) is 4.42. The number of thiol groups is 1. The van der Waals surface area contributed by atoms with Crippen LogP contribution in [0.15, 0.2) is 39.7 Å². The first-order chi connectivity index (χ1) is 9.92. The number of halogens is 2. The van der Waals surface area contributed by atoms with Gasteiger partial charge < -0.3 is 10.1 Å². The lowest BCUT2D eigenvalue weighted by Crippen LogP contribution is -2.13. The van der Waals surface area contributed by atoms with E-state index in [-0.39, 0.29) is 5.91 Å². The molecule has 0 aliphatic heterocycles. The van der Waals surface area contributed by atoms with Gasteiger partial charge in [0.2, 0.25) is 0 Å². The van der Waals surface area contributed by atoms with Crippen molar-refractivity contribution in [3.05, 3.63) is 51.0 Å². The Hall–Kier alpha value is -1.17. The molecule has 0 radical (unpaired) electrons. The van der Waals surface area contributed by atoms with Gasteiger partial charge in [-0.1, -0.05) is 11.6 Å². The summed E-state index contributed by atoms with van der Waals surface area (Å²) < 4.78 is 5.94. The van der Waals surface area contributed by atoms with E-state index in [2.05, 4.69) is 33.9 Å². The Morgan fingerprint density at radius 2 is 2.05 bits per heavy atom. The van der Waals surface area contributed by atoms with Gasteiger partial charge in [0.05, 0.1) is 18.4 Å². The van der Waals surface area contributed by atoms with Crippen molar-refractivity contribution in [2.75, 3.05) is 12.4 Å². The number of ether oxygens (including phenoxy) is 1. The molecule has 0 aliphatic rings. The Bertz CT molecular complexity index is 706. The molecule has 2 aromatic carbocycles. The third-order valence-electron chi connectivity index (χ3n) is 2.92. The first-order valence-electron chi connectivity index (χ1n) is 6.06. The summed E-state index contributed by atoms with van der Waals surface area (Å²) >= 11 is 13.7. The summed E-state index contributed by atoms with van der Waals surface area (Å²) in [6, 6.07) is 8.73. The molecule has 0 aromatic heterocycles.